The molecular weight excluding hydrogens is 218 g/mol. The standard InChI is InChI=1S/C13H17NOS/c1-3-8-12(15-4-2)14-13(16)11-9-6-5-7-10-11/h3,5-7,9-10,12H,1,4,8H2,2H3,(H,14,16). The summed E-state index contributed by atoms with van der Waals surface area (Å²) in [5, 5.41) is 3.17. The Morgan fingerprint density at radius 1 is 1.50 bits per heavy atom. The first-order chi connectivity index (χ1) is 7.77. The van der Waals surface area contributed by atoms with Crippen LogP contribution < -0.4 is 5.32 Å². The molecule has 0 heterocycles. The summed E-state index contributed by atoms with van der Waals surface area (Å²) in [5.74, 6) is 0. The number of thiocarbonyl (C=S) groups is 1. The molecule has 0 saturated carbocycles. The lowest BCUT2D eigenvalue weighted by Gasteiger charge is -2.18. The van der Waals surface area contributed by atoms with Gasteiger partial charge >= 0.3 is 0 Å². The molecule has 0 aromatic heterocycles. The topological polar surface area (TPSA) is 21.3 Å². The zero-order valence-corrected chi connectivity index (χ0v) is 10.3. The lowest BCUT2D eigenvalue weighted by molar-refractivity contribution is 0.0554. The average molecular weight is 235 g/mol. The Kier molecular flexibility index (Phi) is 5.75. The molecule has 1 atom stereocenters. The van der Waals surface area contributed by atoms with E-state index in [1.807, 2.05) is 43.3 Å². The fourth-order valence-electron chi connectivity index (χ4n) is 1.34. The van der Waals surface area contributed by atoms with Crippen molar-refractivity contribution < 1.29 is 4.74 Å². The SMILES string of the molecule is C=CCC(NC(=S)c1ccccc1)OCC. The zero-order valence-electron chi connectivity index (χ0n) is 9.48. The average Bonchev–Trinajstić information content (AvgIpc) is 2.31. The summed E-state index contributed by atoms with van der Waals surface area (Å²) in [4.78, 5) is 0.709. The molecule has 0 aliphatic rings. The predicted molar refractivity (Wildman–Crippen MR) is 71.5 cm³/mol. The Balaban J connectivity index is 2.57. The highest BCUT2D eigenvalue weighted by Gasteiger charge is 2.08. The van der Waals surface area contributed by atoms with Crippen molar-refractivity contribution in [2.45, 2.75) is 19.6 Å². The van der Waals surface area contributed by atoms with Crippen LogP contribution >= 0.6 is 12.2 Å². The second-order valence-electron chi connectivity index (χ2n) is 3.31. The van der Waals surface area contributed by atoms with Crippen LogP contribution in [0.15, 0.2) is 43.0 Å². The highest BCUT2D eigenvalue weighted by atomic mass is 32.1. The quantitative estimate of drug-likeness (QED) is 0.465. The maximum atomic E-state index is 5.50. The van der Waals surface area contributed by atoms with Gasteiger partial charge in [0.05, 0.1) is 0 Å². The fourth-order valence-corrected chi connectivity index (χ4v) is 1.61. The molecule has 0 aliphatic carbocycles. The van der Waals surface area contributed by atoms with Gasteiger partial charge in [0.25, 0.3) is 0 Å². The molecular formula is C13H17NOS. The van der Waals surface area contributed by atoms with Crippen molar-refractivity contribution in [2.75, 3.05) is 6.61 Å². The van der Waals surface area contributed by atoms with Crippen molar-refractivity contribution in [1.82, 2.24) is 5.32 Å². The molecule has 0 radical (unpaired) electrons. The van der Waals surface area contributed by atoms with Gasteiger partial charge < -0.3 is 10.1 Å². The lowest BCUT2D eigenvalue weighted by Crippen LogP contribution is -2.35. The summed E-state index contributed by atoms with van der Waals surface area (Å²) < 4.78 is 5.50. The molecule has 86 valence electrons. The molecule has 3 heteroatoms. The highest BCUT2D eigenvalue weighted by molar-refractivity contribution is 7.80. The third-order valence-electron chi connectivity index (χ3n) is 2.08. The van der Waals surface area contributed by atoms with Gasteiger partial charge in [-0.25, -0.2) is 0 Å². The molecule has 16 heavy (non-hydrogen) atoms. The summed E-state index contributed by atoms with van der Waals surface area (Å²) in [6, 6.07) is 9.85. The van der Waals surface area contributed by atoms with Gasteiger partial charge in [-0.1, -0.05) is 48.6 Å². The number of rotatable bonds is 6. The van der Waals surface area contributed by atoms with Crippen LogP contribution in [0, 0.1) is 0 Å². The van der Waals surface area contributed by atoms with Crippen LogP contribution in [0.25, 0.3) is 0 Å². The minimum atomic E-state index is -0.0878. The molecule has 1 rings (SSSR count). The van der Waals surface area contributed by atoms with Crippen molar-refractivity contribution in [3.8, 4) is 0 Å². The van der Waals surface area contributed by atoms with Gasteiger partial charge in [0.1, 0.15) is 11.2 Å². The second-order valence-corrected chi connectivity index (χ2v) is 3.72. The molecule has 0 saturated heterocycles. The minimum Gasteiger partial charge on any atom is -0.359 e. The van der Waals surface area contributed by atoms with Crippen LogP contribution in [0.5, 0.6) is 0 Å². The number of nitrogens with one attached hydrogen (secondary N) is 1. The van der Waals surface area contributed by atoms with Gasteiger partial charge in [0.15, 0.2) is 0 Å². The van der Waals surface area contributed by atoms with E-state index in [1.54, 1.807) is 0 Å². The molecule has 0 bridgehead atoms. The Morgan fingerprint density at radius 2 is 2.19 bits per heavy atom. The third-order valence-corrected chi connectivity index (χ3v) is 2.43. The third kappa shape index (κ3) is 4.13. The molecule has 1 N–H and O–H groups in total. The number of hydrogen-bond acceptors (Lipinski definition) is 2. The number of benzene rings is 1. The zero-order chi connectivity index (χ0) is 11.8. The van der Waals surface area contributed by atoms with Crippen LogP contribution in [0.1, 0.15) is 18.9 Å². The molecule has 0 aliphatic heterocycles. The van der Waals surface area contributed by atoms with Crippen molar-refractivity contribution in [1.29, 1.82) is 0 Å². The van der Waals surface area contributed by atoms with Crippen LogP contribution in [0.4, 0.5) is 0 Å². The van der Waals surface area contributed by atoms with E-state index in [0.29, 0.717) is 11.6 Å². The van der Waals surface area contributed by atoms with Gasteiger partial charge in [-0.15, -0.1) is 6.58 Å². The van der Waals surface area contributed by atoms with E-state index >= 15 is 0 Å². The number of ether oxygens (including phenoxy) is 1. The summed E-state index contributed by atoms with van der Waals surface area (Å²) in [5.41, 5.74) is 1.01. The summed E-state index contributed by atoms with van der Waals surface area (Å²) in [7, 11) is 0. The smallest absolute Gasteiger partial charge is 0.131 e. The number of hydrogen-bond donors (Lipinski definition) is 1. The summed E-state index contributed by atoms with van der Waals surface area (Å²) in [6.07, 6.45) is 2.47. The minimum absolute atomic E-state index is 0.0878. The lowest BCUT2D eigenvalue weighted by atomic mass is 10.2. The normalized spacial score (nSPS) is 11.8. The van der Waals surface area contributed by atoms with Gasteiger partial charge in [0.2, 0.25) is 0 Å². The van der Waals surface area contributed by atoms with Crippen LogP contribution in [0.2, 0.25) is 0 Å². The Labute approximate surface area is 102 Å². The first-order valence-electron chi connectivity index (χ1n) is 5.36. The summed E-state index contributed by atoms with van der Waals surface area (Å²) >= 11 is 5.30. The first-order valence-corrected chi connectivity index (χ1v) is 5.77. The highest BCUT2D eigenvalue weighted by Crippen LogP contribution is 2.03. The van der Waals surface area contributed by atoms with E-state index in [9.17, 15) is 0 Å². The predicted octanol–water partition coefficient (Wildman–Crippen LogP) is 2.89. The molecule has 0 spiro atoms. The largest absolute Gasteiger partial charge is 0.359 e. The van der Waals surface area contributed by atoms with Crippen LogP contribution in [-0.4, -0.2) is 17.8 Å². The van der Waals surface area contributed by atoms with E-state index in [2.05, 4.69) is 11.9 Å². The molecule has 1 aromatic carbocycles. The van der Waals surface area contributed by atoms with Crippen LogP contribution in [0.3, 0.4) is 0 Å². The van der Waals surface area contributed by atoms with Gasteiger partial charge in [-0.3, -0.25) is 0 Å². The molecule has 0 amide bonds. The van der Waals surface area contributed by atoms with Gasteiger partial charge in [-0.2, -0.15) is 0 Å². The van der Waals surface area contributed by atoms with Crippen molar-refractivity contribution in [3.05, 3.63) is 48.6 Å². The Morgan fingerprint density at radius 3 is 2.75 bits per heavy atom. The fraction of sp³-hybridized carbons (Fsp3) is 0.308. The monoisotopic (exact) mass is 235 g/mol. The van der Waals surface area contributed by atoms with Gasteiger partial charge in [-0.05, 0) is 6.92 Å². The van der Waals surface area contributed by atoms with Crippen molar-refractivity contribution in [2.24, 2.45) is 0 Å². The maximum absolute atomic E-state index is 5.50. The molecule has 1 aromatic rings. The maximum Gasteiger partial charge on any atom is 0.131 e. The summed E-state index contributed by atoms with van der Waals surface area (Å²) in [6.45, 7) is 6.32. The molecule has 2 nitrogen and oxygen atoms in total. The Bertz CT molecular complexity index is 337. The van der Waals surface area contributed by atoms with E-state index in [1.165, 1.54) is 0 Å². The van der Waals surface area contributed by atoms with Gasteiger partial charge in [0, 0.05) is 18.6 Å². The van der Waals surface area contributed by atoms with E-state index in [0.717, 1.165) is 12.0 Å². The van der Waals surface area contributed by atoms with Crippen molar-refractivity contribution in [3.63, 3.8) is 0 Å². The van der Waals surface area contributed by atoms with E-state index < -0.39 is 0 Å². The van der Waals surface area contributed by atoms with E-state index in [4.69, 9.17) is 17.0 Å². The molecule has 0 fully saturated rings. The van der Waals surface area contributed by atoms with E-state index in [-0.39, 0.29) is 6.23 Å². The second kappa shape index (κ2) is 7.14. The van der Waals surface area contributed by atoms with Crippen LogP contribution in [-0.2, 0) is 4.74 Å². The first kappa shape index (κ1) is 12.9. The Hall–Kier alpha value is -1.19. The molecule has 1 unspecified atom stereocenters. The van der Waals surface area contributed by atoms with Crippen molar-refractivity contribution >= 4 is 17.2 Å².